The van der Waals surface area contributed by atoms with Gasteiger partial charge in [-0.3, -0.25) is 0 Å². The third kappa shape index (κ3) is 9.31. The molecule has 0 aliphatic heterocycles. The molecule has 0 bridgehead atoms. The molecule has 0 saturated heterocycles. The molecule has 0 heterocycles. The zero-order valence-electron chi connectivity index (χ0n) is 24.6. The van der Waals surface area contributed by atoms with Crippen molar-refractivity contribution in [2.75, 3.05) is 19.5 Å². The Kier molecular flexibility index (Phi) is 13.3. The van der Waals surface area contributed by atoms with Gasteiger partial charge >= 0.3 is 0 Å². The second-order valence-electron chi connectivity index (χ2n) is 10.9. The van der Waals surface area contributed by atoms with Crippen molar-refractivity contribution in [1.82, 2.24) is 0 Å². The maximum atomic E-state index is 2.49. The van der Waals surface area contributed by atoms with Crippen molar-refractivity contribution in [2.45, 2.75) is 50.1 Å². The van der Waals surface area contributed by atoms with Crippen LogP contribution in [0.25, 0.3) is 0 Å². The highest BCUT2D eigenvalue weighted by atomic mass is 31.1. The van der Waals surface area contributed by atoms with Gasteiger partial charge in [0.2, 0.25) is 0 Å². The van der Waals surface area contributed by atoms with Crippen LogP contribution >= 0.6 is 33.0 Å². The molecule has 6 unspecified atom stereocenters. The molecule has 0 aromatic heterocycles. The first-order valence-corrected chi connectivity index (χ1v) is 20.8. The fraction of sp³-hybridized carbons (Fsp3) is 0.333. The summed E-state index contributed by atoms with van der Waals surface area (Å²) in [5.41, 5.74) is 2.22. The molecule has 0 amide bonds. The first kappa shape index (κ1) is 31.5. The lowest BCUT2D eigenvalue weighted by Gasteiger charge is -2.35. The number of benzene rings is 4. The molecule has 4 rings (SSSR count). The summed E-state index contributed by atoms with van der Waals surface area (Å²) in [4.78, 5) is 0. The maximum Gasteiger partial charge on any atom is -0.0120 e. The largest absolute Gasteiger partial charge is 0.122 e. The summed E-state index contributed by atoms with van der Waals surface area (Å²) in [7, 11) is 1.16. The topological polar surface area (TPSA) is 0 Å². The molecule has 0 aliphatic rings. The molecule has 4 heteroatoms. The Morgan fingerprint density at radius 1 is 0.500 bits per heavy atom. The number of hydrogen-bond acceptors (Lipinski definition) is 0. The van der Waals surface area contributed by atoms with E-state index in [0.717, 1.165) is 28.5 Å². The monoisotopic (exact) mass is 602 g/mol. The molecule has 4 aromatic rings. The molecule has 0 aliphatic carbocycles. The van der Waals surface area contributed by atoms with Gasteiger partial charge < -0.3 is 0 Å². The molecular weight excluding hydrogens is 556 g/mol. The van der Waals surface area contributed by atoms with E-state index in [1.165, 1.54) is 46.6 Å². The van der Waals surface area contributed by atoms with Gasteiger partial charge in [0, 0.05) is 0 Å². The highest BCUT2D eigenvalue weighted by Gasteiger charge is 2.31. The third-order valence-corrected chi connectivity index (χ3v) is 15.9. The van der Waals surface area contributed by atoms with Gasteiger partial charge in [0.1, 0.15) is 0 Å². The van der Waals surface area contributed by atoms with Crippen LogP contribution in [-0.2, 0) is 0 Å². The van der Waals surface area contributed by atoms with Gasteiger partial charge in [0.15, 0.2) is 0 Å². The van der Waals surface area contributed by atoms with Crippen molar-refractivity contribution in [1.29, 1.82) is 0 Å². The zero-order valence-corrected chi connectivity index (χ0v) is 28.4. The summed E-state index contributed by atoms with van der Waals surface area (Å²) < 4.78 is 0. The van der Waals surface area contributed by atoms with Crippen LogP contribution in [0.15, 0.2) is 121 Å². The smallest absolute Gasteiger partial charge is 0.0120 e. The molecule has 210 valence electrons. The van der Waals surface area contributed by atoms with Crippen LogP contribution in [-0.4, -0.2) is 36.5 Å². The van der Waals surface area contributed by atoms with Crippen molar-refractivity contribution < 1.29 is 0 Å². The molecule has 4 aromatic carbocycles. The minimum absolute atomic E-state index is 0.396. The van der Waals surface area contributed by atoms with Gasteiger partial charge in [-0.1, -0.05) is 135 Å². The van der Waals surface area contributed by atoms with Crippen LogP contribution in [0.3, 0.4) is 0 Å². The molecule has 6 atom stereocenters. The average Bonchev–Trinajstić information content (AvgIpc) is 3.01. The highest BCUT2D eigenvalue weighted by molar-refractivity contribution is 7.74. The van der Waals surface area contributed by atoms with E-state index in [2.05, 4.69) is 149 Å². The first-order chi connectivity index (χ1) is 19.6. The lowest BCUT2D eigenvalue weighted by molar-refractivity contribution is 0.476. The second-order valence-corrected chi connectivity index (χ2v) is 18.8. The molecular formula is C36H46P4. The van der Waals surface area contributed by atoms with E-state index in [1.54, 1.807) is 0 Å². The Labute approximate surface area is 250 Å². The Morgan fingerprint density at radius 2 is 0.875 bits per heavy atom. The van der Waals surface area contributed by atoms with Gasteiger partial charge in [-0.2, -0.15) is 0 Å². The maximum absolute atomic E-state index is 2.49. The Hall–Kier alpha value is -1.40. The summed E-state index contributed by atoms with van der Waals surface area (Å²) in [6.07, 6.45) is 5.25. The Morgan fingerprint density at radius 3 is 1.27 bits per heavy atom. The standard InChI is InChI=1S/C36H46P4/c1-29(37-3)25-31(28-39(32-17-9-5-10-18-32)33-19-11-6-12-20-33)27-36(26-30(2)38-4)40(34-21-13-7-14-22-34)35-23-15-8-16-24-35/h5-24,29-31,36-38H,25-28H2,1-4H3. The van der Waals surface area contributed by atoms with E-state index in [9.17, 15) is 0 Å². The second kappa shape index (κ2) is 16.9. The Bertz CT molecular complexity index is 1140. The summed E-state index contributed by atoms with van der Waals surface area (Å²) in [6, 6.07) is 45.7. The van der Waals surface area contributed by atoms with Gasteiger partial charge in [-0.05, 0) is 98.7 Å². The van der Waals surface area contributed by atoms with Crippen molar-refractivity contribution in [3.8, 4) is 0 Å². The van der Waals surface area contributed by atoms with Gasteiger partial charge in [0.25, 0.3) is 0 Å². The van der Waals surface area contributed by atoms with Crippen LogP contribution < -0.4 is 21.2 Å². The van der Waals surface area contributed by atoms with E-state index in [0.29, 0.717) is 11.6 Å². The predicted molar refractivity (Wildman–Crippen MR) is 192 cm³/mol. The van der Waals surface area contributed by atoms with E-state index in [1.807, 2.05) is 0 Å². The average molecular weight is 603 g/mol. The molecule has 40 heavy (non-hydrogen) atoms. The van der Waals surface area contributed by atoms with E-state index in [4.69, 9.17) is 0 Å². The van der Waals surface area contributed by atoms with Gasteiger partial charge in [-0.25, -0.2) is 0 Å². The fourth-order valence-electron chi connectivity index (χ4n) is 5.66. The molecule has 0 fully saturated rings. The number of rotatable bonds is 15. The SMILES string of the molecule is CPC(C)CC(CC(CC(C)PC)P(c1ccccc1)c1ccccc1)CP(c1ccccc1)c1ccccc1. The van der Waals surface area contributed by atoms with Crippen LogP contribution in [0.4, 0.5) is 0 Å². The summed E-state index contributed by atoms with van der Waals surface area (Å²) in [6.45, 7) is 9.77. The summed E-state index contributed by atoms with van der Waals surface area (Å²) in [5, 5.41) is 6.12. The summed E-state index contributed by atoms with van der Waals surface area (Å²) >= 11 is 0. The third-order valence-electron chi connectivity index (χ3n) is 7.91. The lowest BCUT2D eigenvalue weighted by Crippen LogP contribution is -2.29. The van der Waals surface area contributed by atoms with Crippen molar-refractivity contribution in [2.24, 2.45) is 5.92 Å². The van der Waals surface area contributed by atoms with E-state index >= 15 is 0 Å². The van der Waals surface area contributed by atoms with Crippen molar-refractivity contribution in [3.05, 3.63) is 121 Å². The molecule has 0 nitrogen and oxygen atoms in total. The highest BCUT2D eigenvalue weighted by Crippen LogP contribution is 2.49. The molecule has 0 saturated carbocycles. The number of hydrogen-bond donors (Lipinski definition) is 0. The molecule has 0 N–H and O–H groups in total. The van der Waals surface area contributed by atoms with Gasteiger partial charge in [0.05, 0.1) is 0 Å². The normalized spacial score (nSPS) is 15.2. The van der Waals surface area contributed by atoms with Crippen LogP contribution in [0.2, 0.25) is 0 Å². The Balaban J connectivity index is 1.73. The van der Waals surface area contributed by atoms with Crippen LogP contribution in [0, 0.1) is 5.92 Å². The molecule has 0 radical (unpaired) electrons. The quantitative estimate of drug-likeness (QED) is 0.119. The van der Waals surface area contributed by atoms with Crippen LogP contribution in [0.1, 0.15) is 33.1 Å². The zero-order chi connectivity index (χ0) is 28.2. The van der Waals surface area contributed by atoms with Crippen LogP contribution in [0.5, 0.6) is 0 Å². The van der Waals surface area contributed by atoms with E-state index < -0.39 is 15.8 Å². The van der Waals surface area contributed by atoms with E-state index in [-0.39, 0.29) is 0 Å². The molecule has 0 spiro atoms. The van der Waals surface area contributed by atoms with Crippen molar-refractivity contribution in [3.63, 3.8) is 0 Å². The fourth-order valence-corrected chi connectivity index (χ4v) is 12.7. The minimum atomic E-state index is -0.434. The predicted octanol–water partition coefficient (Wildman–Crippen LogP) is 8.80. The lowest BCUT2D eigenvalue weighted by atomic mass is 9.97. The summed E-state index contributed by atoms with van der Waals surface area (Å²) in [5.74, 6) is 0.712. The minimum Gasteiger partial charge on any atom is -0.122 e. The van der Waals surface area contributed by atoms with Gasteiger partial charge in [-0.15, -0.1) is 17.2 Å². The van der Waals surface area contributed by atoms with Crippen molar-refractivity contribution >= 4 is 54.2 Å². The first-order valence-electron chi connectivity index (χ1n) is 14.7.